The lowest BCUT2D eigenvalue weighted by Gasteiger charge is -2.35. The number of halogens is 4. The molecule has 1 unspecified atom stereocenters. The first-order chi connectivity index (χ1) is 13.1. The van der Waals surface area contributed by atoms with Crippen LogP contribution in [0.15, 0.2) is 18.2 Å². The SMILES string of the molecule is CC(OC(=O)N1CCN(Cc2ccc(F)cc2OCC(=O)O)CC1)C(F)(F)F. The highest BCUT2D eigenvalue weighted by Gasteiger charge is 2.40. The Kier molecular flexibility index (Phi) is 7.05. The summed E-state index contributed by atoms with van der Waals surface area (Å²) in [5.74, 6) is -1.67. The number of rotatable bonds is 6. The van der Waals surface area contributed by atoms with Crippen molar-refractivity contribution in [2.24, 2.45) is 0 Å². The van der Waals surface area contributed by atoms with Gasteiger partial charge in [0, 0.05) is 44.4 Å². The highest BCUT2D eigenvalue weighted by Crippen LogP contribution is 2.24. The van der Waals surface area contributed by atoms with Gasteiger partial charge >= 0.3 is 18.2 Å². The molecule has 11 heteroatoms. The van der Waals surface area contributed by atoms with E-state index in [-0.39, 0.29) is 18.8 Å². The molecule has 1 atom stereocenters. The molecule has 1 saturated heterocycles. The third-order valence-corrected chi connectivity index (χ3v) is 4.14. The van der Waals surface area contributed by atoms with Gasteiger partial charge in [0.15, 0.2) is 12.7 Å². The number of amides is 1. The molecule has 7 nitrogen and oxygen atoms in total. The third kappa shape index (κ3) is 6.25. The van der Waals surface area contributed by atoms with Gasteiger partial charge in [-0.15, -0.1) is 0 Å². The maximum absolute atomic E-state index is 13.4. The summed E-state index contributed by atoms with van der Waals surface area (Å²) in [6.07, 6.45) is -7.84. The first kappa shape index (κ1) is 21.7. The van der Waals surface area contributed by atoms with Gasteiger partial charge in [-0.2, -0.15) is 13.2 Å². The zero-order chi connectivity index (χ0) is 20.9. The molecule has 1 aromatic rings. The number of alkyl halides is 3. The highest BCUT2D eigenvalue weighted by molar-refractivity contribution is 5.68. The van der Waals surface area contributed by atoms with Crippen LogP contribution >= 0.6 is 0 Å². The van der Waals surface area contributed by atoms with Gasteiger partial charge in [-0.05, 0) is 13.0 Å². The average Bonchev–Trinajstić information content (AvgIpc) is 2.61. The molecule has 0 aromatic heterocycles. The maximum atomic E-state index is 13.4. The van der Waals surface area contributed by atoms with Crippen LogP contribution in [0.3, 0.4) is 0 Å². The highest BCUT2D eigenvalue weighted by atomic mass is 19.4. The quantitative estimate of drug-likeness (QED) is 0.729. The van der Waals surface area contributed by atoms with E-state index in [0.717, 1.165) is 13.0 Å². The molecule has 0 spiro atoms. The molecule has 1 amide bonds. The second-order valence-electron chi connectivity index (χ2n) is 6.27. The molecule has 28 heavy (non-hydrogen) atoms. The fourth-order valence-corrected chi connectivity index (χ4v) is 2.55. The van der Waals surface area contributed by atoms with Crippen LogP contribution in [-0.2, 0) is 16.1 Å². The third-order valence-electron chi connectivity index (χ3n) is 4.14. The number of piperazine rings is 1. The van der Waals surface area contributed by atoms with Crippen molar-refractivity contribution in [3.05, 3.63) is 29.6 Å². The summed E-state index contributed by atoms with van der Waals surface area (Å²) in [4.78, 5) is 25.5. The molecule has 2 rings (SSSR count). The fraction of sp³-hybridized carbons (Fsp3) is 0.529. The molecule has 156 valence electrons. The van der Waals surface area contributed by atoms with Gasteiger partial charge in [0.25, 0.3) is 0 Å². The van der Waals surface area contributed by atoms with Crippen molar-refractivity contribution in [2.45, 2.75) is 25.7 Å². The number of hydrogen-bond donors (Lipinski definition) is 1. The molecular formula is C17H20F4N2O5. The molecule has 0 saturated carbocycles. The van der Waals surface area contributed by atoms with E-state index < -0.39 is 36.8 Å². The van der Waals surface area contributed by atoms with Crippen molar-refractivity contribution in [1.29, 1.82) is 0 Å². The van der Waals surface area contributed by atoms with Crippen LogP contribution in [0, 0.1) is 5.82 Å². The Hall–Kier alpha value is -2.56. The summed E-state index contributed by atoms with van der Waals surface area (Å²) in [7, 11) is 0. The minimum absolute atomic E-state index is 0.100. The number of aliphatic carboxylic acids is 1. The second-order valence-corrected chi connectivity index (χ2v) is 6.27. The Balaban J connectivity index is 1.90. The van der Waals surface area contributed by atoms with E-state index in [1.807, 2.05) is 4.90 Å². The van der Waals surface area contributed by atoms with Gasteiger partial charge in [0.05, 0.1) is 0 Å². The zero-order valence-corrected chi connectivity index (χ0v) is 15.0. The Labute approximate surface area is 158 Å². The summed E-state index contributed by atoms with van der Waals surface area (Å²) in [6.45, 7) is 1.48. The lowest BCUT2D eigenvalue weighted by Crippen LogP contribution is -2.49. The van der Waals surface area contributed by atoms with Crippen LogP contribution < -0.4 is 4.74 Å². The zero-order valence-electron chi connectivity index (χ0n) is 15.0. The summed E-state index contributed by atoms with van der Waals surface area (Å²) in [6, 6.07) is 3.78. The number of hydrogen-bond acceptors (Lipinski definition) is 5. The van der Waals surface area contributed by atoms with E-state index >= 15 is 0 Å². The Bertz CT molecular complexity index is 705. The molecule has 1 aliphatic heterocycles. The Morgan fingerprint density at radius 1 is 1.21 bits per heavy atom. The predicted octanol–water partition coefficient (Wildman–Crippen LogP) is 2.49. The van der Waals surface area contributed by atoms with Crippen molar-refractivity contribution in [1.82, 2.24) is 9.80 Å². The number of ether oxygens (including phenoxy) is 2. The topological polar surface area (TPSA) is 79.3 Å². The minimum atomic E-state index is -4.62. The van der Waals surface area contributed by atoms with E-state index in [0.29, 0.717) is 25.2 Å². The van der Waals surface area contributed by atoms with Gasteiger partial charge in [-0.25, -0.2) is 14.0 Å². The number of nitrogens with zero attached hydrogens (tertiary/aromatic N) is 2. The lowest BCUT2D eigenvalue weighted by atomic mass is 10.1. The fourth-order valence-electron chi connectivity index (χ4n) is 2.55. The number of carbonyl (C=O) groups is 2. The minimum Gasteiger partial charge on any atom is -0.481 e. The standard InChI is InChI=1S/C17H20F4N2O5/c1-11(17(19,20)21)28-16(26)23-6-4-22(5-7-23)9-12-2-3-13(18)8-14(12)27-10-15(24)25/h2-3,8,11H,4-7,9-10H2,1H3,(H,24,25). The van der Waals surface area contributed by atoms with Crippen molar-refractivity contribution in [3.8, 4) is 5.75 Å². The van der Waals surface area contributed by atoms with Crippen LogP contribution in [0.4, 0.5) is 22.4 Å². The summed E-state index contributed by atoms with van der Waals surface area (Å²) in [5, 5.41) is 8.70. The number of carboxylic acid groups (broad SMARTS) is 1. The molecule has 1 N–H and O–H groups in total. The predicted molar refractivity (Wildman–Crippen MR) is 88.4 cm³/mol. The van der Waals surface area contributed by atoms with Gasteiger partial charge < -0.3 is 19.5 Å². The van der Waals surface area contributed by atoms with Gasteiger partial charge in [-0.1, -0.05) is 6.07 Å². The largest absolute Gasteiger partial charge is 0.481 e. The maximum Gasteiger partial charge on any atom is 0.425 e. The monoisotopic (exact) mass is 408 g/mol. The van der Waals surface area contributed by atoms with Crippen LogP contribution in [0.5, 0.6) is 5.75 Å². The first-order valence-corrected chi connectivity index (χ1v) is 8.44. The first-order valence-electron chi connectivity index (χ1n) is 8.44. The van der Waals surface area contributed by atoms with E-state index in [9.17, 15) is 27.2 Å². The molecule has 1 aromatic carbocycles. The smallest absolute Gasteiger partial charge is 0.425 e. The Morgan fingerprint density at radius 2 is 1.86 bits per heavy atom. The summed E-state index contributed by atoms with van der Waals surface area (Å²) >= 11 is 0. The number of carbonyl (C=O) groups excluding carboxylic acids is 1. The van der Waals surface area contributed by atoms with Crippen LogP contribution in [0.25, 0.3) is 0 Å². The van der Waals surface area contributed by atoms with E-state index in [4.69, 9.17) is 9.84 Å². The normalized spacial score (nSPS) is 16.5. The van der Waals surface area contributed by atoms with Gasteiger partial charge in [-0.3, -0.25) is 4.90 Å². The van der Waals surface area contributed by atoms with Crippen LogP contribution in [0.1, 0.15) is 12.5 Å². The van der Waals surface area contributed by atoms with E-state index in [1.54, 1.807) is 0 Å². The van der Waals surface area contributed by atoms with Crippen LogP contribution in [-0.4, -0.2) is 72.0 Å². The van der Waals surface area contributed by atoms with Gasteiger partial charge in [0.1, 0.15) is 11.6 Å². The lowest BCUT2D eigenvalue weighted by molar-refractivity contribution is -0.200. The molecular weight excluding hydrogens is 388 g/mol. The molecule has 0 bridgehead atoms. The molecule has 1 fully saturated rings. The molecule has 1 aliphatic rings. The van der Waals surface area contributed by atoms with Crippen molar-refractivity contribution < 1.29 is 41.7 Å². The molecule has 0 radical (unpaired) electrons. The molecule has 0 aliphatic carbocycles. The summed E-state index contributed by atoms with van der Waals surface area (Å²) < 4.78 is 60.4. The number of benzene rings is 1. The molecule has 1 heterocycles. The second kappa shape index (κ2) is 9.09. The van der Waals surface area contributed by atoms with Gasteiger partial charge in [0.2, 0.25) is 0 Å². The van der Waals surface area contributed by atoms with E-state index in [1.165, 1.54) is 17.0 Å². The summed E-state index contributed by atoms with van der Waals surface area (Å²) in [5.41, 5.74) is 0.560. The average molecular weight is 408 g/mol. The van der Waals surface area contributed by atoms with Crippen molar-refractivity contribution in [2.75, 3.05) is 32.8 Å². The van der Waals surface area contributed by atoms with Crippen molar-refractivity contribution >= 4 is 12.1 Å². The number of carboxylic acids is 1. The van der Waals surface area contributed by atoms with Crippen molar-refractivity contribution in [3.63, 3.8) is 0 Å². The van der Waals surface area contributed by atoms with E-state index in [2.05, 4.69) is 4.74 Å². The Morgan fingerprint density at radius 3 is 2.43 bits per heavy atom. The van der Waals surface area contributed by atoms with Crippen LogP contribution in [0.2, 0.25) is 0 Å².